The number of hydrogen-bond acceptors (Lipinski definition) is 3. The largest absolute Gasteiger partial charge is 0.310 e. The van der Waals surface area contributed by atoms with Crippen LogP contribution in [0.4, 0.5) is 0 Å². The molecule has 1 aliphatic carbocycles. The second-order valence-corrected chi connectivity index (χ2v) is 6.37. The summed E-state index contributed by atoms with van der Waals surface area (Å²) in [6.45, 7) is 4.10. The van der Waals surface area contributed by atoms with Crippen molar-refractivity contribution in [3.8, 4) is 0 Å². The first-order valence-electron chi connectivity index (χ1n) is 6.41. The summed E-state index contributed by atoms with van der Waals surface area (Å²) in [6.07, 6.45) is 7.78. The Kier molecular flexibility index (Phi) is 4.15. The SMILES string of the molecule is CSC1(CNCc2cc(C)nn2C)CCCC1. The van der Waals surface area contributed by atoms with Crippen LogP contribution >= 0.6 is 11.8 Å². The summed E-state index contributed by atoms with van der Waals surface area (Å²) in [4.78, 5) is 0. The molecule has 4 heteroatoms. The number of aryl methyl sites for hydroxylation is 2. The van der Waals surface area contributed by atoms with Crippen LogP contribution in [0.15, 0.2) is 6.07 Å². The van der Waals surface area contributed by atoms with E-state index < -0.39 is 0 Å². The van der Waals surface area contributed by atoms with Gasteiger partial charge in [0.2, 0.25) is 0 Å². The van der Waals surface area contributed by atoms with Crippen LogP contribution in [0.3, 0.4) is 0 Å². The smallest absolute Gasteiger partial charge is 0.0597 e. The zero-order valence-electron chi connectivity index (χ0n) is 11.1. The van der Waals surface area contributed by atoms with E-state index in [-0.39, 0.29) is 0 Å². The molecule has 1 saturated carbocycles. The van der Waals surface area contributed by atoms with Crippen molar-refractivity contribution in [2.75, 3.05) is 12.8 Å². The van der Waals surface area contributed by atoms with E-state index in [4.69, 9.17) is 0 Å². The van der Waals surface area contributed by atoms with Gasteiger partial charge >= 0.3 is 0 Å². The highest BCUT2D eigenvalue weighted by molar-refractivity contribution is 8.00. The van der Waals surface area contributed by atoms with Gasteiger partial charge in [0.1, 0.15) is 0 Å². The first-order chi connectivity index (χ1) is 8.15. The number of hydrogen-bond donors (Lipinski definition) is 1. The fraction of sp³-hybridized carbons (Fsp3) is 0.769. The molecule has 1 N–H and O–H groups in total. The molecule has 96 valence electrons. The Labute approximate surface area is 108 Å². The number of aromatic nitrogens is 2. The van der Waals surface area contributed by atoms with Crippen LogP contribution in [-0.4, -0.2) is 27.3 Å². The average molecular weight is 253 g/mol. The van der Waals surface area contributed by atoms with Gasteiger partial charge in [-0.1, -0.05) is 12.8 Å². The summed E-state index contributed by atoms with van der Waals surface area (Å²) in [5, 5.41) is 7.98. The Morgan fingerprint density at radius 1 is 1.47 bits per heavy atom. The van der Waals surface area contributed by atoms with Crippen molar-refractivity contribution in [1.29, 1.82) is 0 Å². The number of nitrogens with one attached hydrogen (secondary N) is 1. The van der Waals surface area contributed by atoms with E-state index in [2.05, 4.69) is 22.7 Å². The molecule has 1 aromatic rings. The molecule has 0 bridgehead atoms. The minimum absolute atomic E-state index is 0.494. The zero-order chi connectivity index (χ0) is 12.3. The predicted octanol–water partition coefficient (Wildman–Crippen LogP) is 2.49. The highest BCUT2D eigenvalue weighted by Gasteiger charge is 2.32. The molecule has 0 amide bonds. The van der Waals surface area contributed by atoms with Gasteiger partial charge in [-0.3, -0.25) is 4.68 Å². The van der Waals surface area contributed by atoms with Crippen LogP contribution in [0.5, 0.6) is 0 Å². The third kappa shape index (κ3) is 3.05. The van der Waals surface area contributed by atoms with Crippen molar-refractivity contribution in [3.63, 3.8) is 0 Å². The minimum atomic E-state index is 0.494. The first kappa shape index (κ1) is 13.0. The first-order valence-corrected chi connectivity index (χ1v) is 7.63. The van der Waals surface area contributed by atoms with Crippen LogP contribution in [0.25, 0.3) is 0 Å². The number of nitrogens with zero attached hydrogens (tertiary/aromatic N) is 2. The molecule has 1 heterocycles. The van der Waals surface area contributed by atoms with Gasteiger partial charge < -0.3 is 5.32 Å². The van der Waals surface area contributed by atoms with Crippen molar-refractivity contribution in [3.05, 3.63) is 17.5 Å². The molecular weight excluding hydrogens is 230 g/mol. The maximum Gasteiger partial charge on any atom is 0.0597 e. The lowest BCUT2D eigenvalue weighted by molar-refractivity contribution is 0.521. The molecule has 0 aromatic carbocycles. The third-order valence-electron chi connectivity index (χ3n) is 3.80. The second-order valence-electron chi connectivity index (χ2n) is 5.10. The average Bonchev–Trinajstić information content (AvgIpc) is 2.88. The fourth-order valence-electron chi connectivity index (χ4n) is 2.72. The molecule has 1 aromatic heterocycles. The van der Waals surface area contributed by atoms with Gasteiger partial charge in [0.15, 0.2) is 0 Å². The topological polar surface area (TPSA) is 29.9 Å². The summed E-state index contributed by atoms with van der Waals surface area (Å²) in [6, 6.07) is 2.16. The maximum atomic E-state index is 4.37. The molecule has 1 fully saturated rings. The van der Waals surface area contributed by atoms with Gasteiger partial charge in [0.05, 0.1) is 11.4 Å². The van der Waals surface area contributed by atoms with Crippen LogP contribution in [0.1, 0.15) is 37.1 Å². The Morgan fingerprint density at radius 2 is 2.18 bits per heavy atom. The maximum absolute atomic E-state index is 4.37. The van der Waals surface area contributed by atoms with E-state index in [0.29, 0.717) is 4.75 Å². The second kappa shape index (κ2) is 5.44. The van der Waals surface area contributed by atoms with Crippen LogP contribution in [-0.2, 0) is 13.6 Å². The van der Waals surface area contributed by atoms with Crippen LogP contribution < -0.4 is 5.32 Å². The predicted molar refractivity (Wildman–Crippen MR) is 74.4 cm³/mol. The van der Waals surface area contributed by atoms with Crippen molar-refractivity contribution >= 4 is 11.8 Å². The molecule has 3 nitrogen and oxygen atoms in total. The zero-order valence-corrected chi connectivity index (χ0v) is 11.9. The van der Waals surface area contributed by atoms with Gasteiger partial charge in [0, 0.05) is 24.9 Å². The Bertz CT molecular complexity index is 367. The summed E-state index contributed by atoms with van der Waals surface area (Å²) < 4.78 is 2.47. The van der Waals surface area contributed by atoms with Gasteiger partial charge in [-0.15, -0.1) is 0 Å². The highest BCUT2D eigenvalue weighted by atomic mass is 32.2. The number of rotatable bonds is 5. The molecule has 2 rings (SSSR count). The summed E-state index contributed by atoms with van der Waals surface area (Å²) in [7, 11) is 2.02. The van der Waals surface area contributed by atoms with Crippen LogP contribution in [0.2, 0.25) is 0 Å². The Morgan fingerprint density at radius 3 is 2.71 bits per heavy atom. The molecule has 1 aliphatic rings. The molecule has 17 heavy (non-hydrogen) atoms. The molecular formula is C13H23N3S. The molecule has 0 unspecified atom stereocenters. The lowest BCUT2D eigenvalue weighted by Crippen LogP contribution is -2.35. The van der Waals surface area contributed by atoms with E-state index >= 15 is 0 Å². The molecule has 0 radical (unpaired) electrons. The van der Waals surface area contributed by atoms with E-state index in [1.54, 1.807) is 0 Å². The van der Waals surface area contributed by atoms with Crippen molar-refractivity contribution in [1.82, 2.24) is 15.1 Å². The molecule has 0 aliphatic heterocycles. The van der Waals surface area contributed by atoms with E-state index in [9.17, 15) is 0 Å². The Balaban J connectivity index is 1.84. The lowest BCUT2D eigenvalue weighted by atomic mass is 10.1. The quantitative estimate of drug-likeness (QED) is 0.874. The minimum Gasteiger partial charge on any atom is -0.310 e. The van der Waals surface area contributed by atoms with Gasteiger partial charge in [-0.05, 0) is 32.1 Å². The summed E-state index contributed by atoms with van der Waals surface area (Å²) in [5.41, 5.74) is 2.38. The van der Waals surface area contributed by atoms with Crippen LogP contribution in [0, 0.1) is 6.92 Å². The van der Waals surface area contributed by atoms with Crippen molar-refractivity contribution in [2.24, 2.45) is 7.05 Å². The molecule has 0 spiro atoms. The summed E-state index contributed by atoms with van der Waals surface area (Å²) in [5.74, 6) is 0. The van der Waals surface area contributed by atoms with Gasteiger partial charge in [-0.2, -0.15) is 16.9 Å². The van der Waals surface area contributed by atoms with Crippen molar-refractivity contribution < 1.29 is 0 Å². The van der Waals surface area contributed by atoms with Gasteiger partial charge in [-0.25, -0.2) is 0 Å². The standard InChI is InChI=1S/C13H23N3S/c1-11-8-12(16(2)15-11)9-14-10-13(17-3)6-4-5-7-13/h8,14H,4-7,9-10H2,1-3H3. The number of thioether (sulfide) groups is 1. The fourth-order valence-corrected chi connectivity index (χ4v) is 3.66. The van der Waals surface area contributed by atoms with E-state index in [1.165, 1.54) is 31.4 Å². The summed E-state index contributed by atoms with van der Waals surface area (Å²) >= 11 is 2.04. The normalized spacial score (nSPS) is 18.8. The van der Waals surface area contributed by atoms with E-state index in [0.717, 1.165) is 18.8 Å². The van der Waals surface area contributed by atoms with E-state index in [1.807, 2.05) is 30.4 Å². The Hall–Kier alpha value is -0.480. The molecule has 0 saturated heterocycles. The molecule has 0 atom stereocenters. The highest BCUT2D eigenvalue weighted by Crippen LogP contribution is 2.39. The third-order valence-corrected chi connectivity index (χ3v) is 5.22. The van der Waals surface area contributed by atoms with Gasteiger partial charge in [0.25, 0.3) is 0 Å². The van der Waals surface area contributed by atoms with Crippen molar-refractivity contribution in [2.45, 2.75) is 43.9 Å². The monoisotopic (exact) mass is 253 g/mol. The lowest BCUT2D eigenvalue weighted by Gasteiger charge is -2.27.